The number of rotatable bonds is 19. The summed E-state index contributed by atoms with van der Waals surface area (Å²) >= 11 is 0. The van der Waals surface area contributed by atoms with Gasteiger partial charge in [-0.05, 0) is 65.0 Å². The summed E-state index contributed by atoms with van der Waals surface area (Å²) in [6.45, 7) is 17.1. The summed E-state index contributed by atoms with van der Waals surface area (Å²) in [4.78, 5) is 57.2. The number of ether oxygens (including phenoxy) is 2. The Labute approximate surface area is 318 Å². The Bertz CT molecular complexity index is 1260. The van der Waals surface area contributed by atoms with E-state index >= 15 is 0 Å². The molecular weight excluding hydrogens is 678 g/mol. The third-order valence-electron chi connectivity index (χ3n) is 10.8. The first-order valence-corrected chi connectivity index (χ1v) is 19.1. The molecule has 13 heteroatoms. The first-order valence-electron chi connectivity index (χ1n) is 19.1. The lowest BCUT2D eigenvalue weighted by atomic mass is 9.87. The minimum Gasteiger partial charge on any atom is -0.394 e. The Balaban J connectivity index is 0.00000333. The number of carbonyl (C=O) groups excluding carboxylic acids is 4. The number of nitrogens with one attached hydrogen (secondary N) is 3. The van der Waals surface area contributed by atoms with Crippen molar-refractivity contribution >= 4 is 23.6 Å². The highest BCUT2D eigenvalue weighted by Crippen LogP contribution is 2.29. The predicted molar refractivity (Wildman–Crippen MR) is 208 cm³/mol. The van der Waals surface area contributed by atoms with Crippen LogP contribution in [0.2, 0.25) is 0 Å². The van der Waals surface area contributed by atoms with Crippen molar-refractivity contribution in [3.63, 3.8) is 0 Å². The molecule has 0 radical (unpaired) electrons. The van der Waals surface area contributed by atoms with Crippen LogP contribution in [-0.2, 0) is 28.7 Å². The highest BCUT2D eigenvalue weighted by Gasteiger charge is 2.42. The maximum atomic E-state index is 14.0. The summed E-state index contributed by atoms with van der Waals surface area (Å²) in [7, 11) is 6.51. The molecule has 0 aliphatic carbocycles. The number of likely N-dealkylation sites (tertiary alicyclic amines) is 1. The van der Waals surface area contributed by atoms with Gasteiger partial charge in [-0.2, -0.15) is 0 Å². The fraction of sp³-hybridized carbons (Fsp3) is 0.750. The number of nitrogens with zero attached hydrogens (tertiary/aromatic N) is 2. The van der Waals surface area contributed by atoms with Crippen molar-refractivity contribution in [2.24, 2.45) is 17.8 Å². The molecule has 9 unspecified atom stereocenters. The van der Waals surface area contributed by atoms with E-state index < -0.39 is 41.9 Å². The van der Waals surface area contributed by atoms with Gasteiger partial charge in [0, 0.05) is 33.9 Å². The van der Waals surface area contributed by atoms with E-state index in [-0.39, 0.29) is 60.6 Å². The molecule has 1 fully saturated rings. The lowest BCUT2D eigenvalue weighted by Crippen LogP contribution is -2.59. The second kappa shape index (κ2) is 23.0. The van der Waals surface area contributed by atoms with Crippen molar-refractivity contribution in [3.8, 4) is 0 Å². The number of benzene rings is 1. The first-order chi connectivity index (χ1) is 24.8. The smallest absolute Gasteiger partial charge is 0.242 e. The van der Waals surface area contributed by atoms with E-state index in [0.717, 1.165) is 12.8 Å². The van der Waals surface area contributed by atoms with Gasteiger partial charge in [-0.1, -0.05) is 71.4 Å². The van der Waals surface area contributed by atoms with Crippen molar-refractivity contribution in [2.45, 2.75) is 136 Å². The second-order valence-corrected chi connectivity index (χ2v) is 15.2. The molecule has 1 aromatic carbocycles. The van der Waals surface area contributed by atoms with Crippen LogP contribution < -0.4 is 16.0 Å². The molecule has 2 rings (SSSR count). The molecule has 13 nitrogen and oxygen atoms in total. The summed E-state index contributed by atoms with van der Waals surface area (Å²) in [5.41, 5.74) is -0.120. The van der Waals surface area contributed by atoms with Crippen LogP contribution in [0.15, 0.2) is 30.3 Å². The van der Waals surface area contributed by atoms with Crippen LogP contribution in [0.1, 0.15) is 99.7 Å². The number of hydrogen-bond acceptors (Lipinski definition) is 9. The summed E-state index contributed by atoms with van der Waals surface area (Å²) < 4.78 is 11.8. The van der Waals surface area contributed by atoms with Crippen molar-refractivity contribution in [1.29, 1.82) is 0 Å². The predicted octanol–water partition coefficient (Wildman–Crippen LogP) is 3.28. The van der Waals surface area contributed by atoms with Gasteiger partial charge >= 0.3 is 0 Å². The topological polar surface area (TPSA) is 170 Å². The third-order valence-corrected chi connectivity index (χ3v) is 10.8. The SMILES string of the molecule is CC(C)O.CCC(C)C(C(CC(=O)N1CCCC1C(OC)C(C)C(=O)NC(C)C(O)c1ccccc1)OC)N(C)C(=O)CNC(=O)C(C)(NC)C(C)C. The van der Waals surface area contributed by atoms with Gasteiger partial charge in [0.05, 0.1) is 60.9 Å². The number of methoxy groups -OCH3 is 2. The average Bonchev–Trinajstić information content (AvgIpc) is 3.62. The van der Waals surface area contributed by atoms with Gasteiger partial charge in [-0.3, -0.25) is 19.2 Å². The highest BCUT2D eigenvalue weighted by atomic mass is 16.5. The number of aliphatic hydroxyl groups excluding tert-OH is 2. The van der Waals surface area contributed by atoms with Crippen LogP contribution in [0.25, 0.3) is 0 Å². The largest absolute Gasteiger partial charge is 0.394 e. The Morgan fingerprint density at radius 3 is 2.08 bits per heavy atom. The summed E-state index contributed by atoms with van der Waals surface area (Å²) in [5, 5.41) is 27.6. The van der Waals surface area contributed by atoms with Crippen molar-refractivity contribution < 1.29 is 38.9 Å². The fourth-order valence-corrected chi connectivity index (χ4v) is 6.83. The van der Waals surface area contributed by atoms with E-state index in [4.69, 9.17) is 14.6 Å². The van der Waals surface area contributed by atoms with E-state index in [2.05, 4.69) is 16.0 Å². The van der Waals surface area contributed by atoms with E-state index in [0.29, 0.717) is 18.5 Å². The number of hydrogen-bond donors (Lipinski definition) is 5. The molecule has 304 valence electrons. The second-order valence-electron chi connectivity index (χ2n) is 15.2. The van der Waals surface area contributed by atoms with Crippen molar-refractivity contribution in [1.82, 2.24) is 25.8 Å². The fourth-order valence-electron chi connectivity index (χ4n) is 6.83. The molecule has 1 aliphatic rings. The minimum absolute atomic E-state index is 0.00122. The van der Waals surface area contributed by atoms with Crippen molar-refractivity contribution in [3.05, 3.63) is 35.9 Å². The summed E-state index contributed by atoms with van der Waals surface area (Å²) in [6.07, 6.45) is 0.0120. The van der Waals surface area contributed by atoms with E-state index in [1.54, 1.807) is 72.7 Å². The van der Waals surface area contributed by atoms with Crippen LogP contribution in [0, 0.1) is 17.8 Å². The van der Waals surface area contributed by atoms with E-state index in [1.165, 1.54) is 0 Å². The maximum absolute atomic E-state index is 14.0. The lowest BCUT2D eigenvalue weighted by Gasteiger charge is -2.39. The maximum Gasteiger partial charge on any atom is 0.242 e. The van der Waals surface area contributed by atoms with Crippen LogP contribution in [0.3, 0.4) is 0 Å². The van der Waals surface area contributed by atoms with Gasteiger partial charge in [0.1, 0.15) is 0 Å². The van der Waals surface area contributed by atoms with Crippen molar-refractivity contribution in [2.75, 3.05) is 41.4 Å². The van der Waals surface area contributed by atoms with Gasteiger partial charge in [0.15, 0.2) is 0 Å². The molecule has 1 heterocycles. The standard InChI is InChI=1S/C37H63N5O7.C3H8O/c1-12-24(4)32(41(9)31(44)22-39-36(47)37(7,38-8)23(2)3)29(48-10)21-30(43)42-20-16-19-28(42)34(49-11)25(5)35(46)40-26(6)33(45)27-17-14-13-15-18-27;1-3(2)4/h13-15,17-18,23-26,28-29,32-34,38,45H,12,16,19-22H2,1-11H3,(H,39,47)(H,40,46);3-4H,1-2H3. The molecular formula is C40H71N5O8. The quantitative estimate of drug-likeness (QED) is 0.143. The molecule has 0 aromatic heterocycles. The average molecular weight is 750 g/mol. The summed E-state index contributed by atoms with van der Waals surface area (Å²) in [5.74, 6) is -1.54. The molecule has 0 bridgehead atoms. The van der Waals surface area contributed by atoms with Gasteiger partial charge < -0.3 is 45.4 Å². The monoisotopic (exact) mass is 750 g/mol. The molecule has 9 atom stereocenters. The van der Waals surface area contributed by atoms with Crippen LogP contribution >= 0.6 is 0 Å². The normalized spacial score (nSPS) is 19.5. The number of amides is 4. The number of likely N-dealkylation sites (N-methyl/N-ethyl adjacent to an activating group) is 2. The Hall–Kier alpha value is -3.10. The van der Waals surface area contributed by atoms with E-state index in [1.807, 2.05) is 58.0 Å². The van der Waals surface area contributed by atoms with Gasteiger partial charge in [-0.15, -0.1) is 0 Å². The number of carbonyl (C=O) groups is 4. The third kappa shape index (κ3) is 13.6. The Morgan fingerprint density at radius 1 is 1.00 bits per heavy atom. The van der Waals surface area contributed by atoms with Gasteiger partial charge in [0.2, 0.25) is 23.6 Å². The zero-order chi connectivity index (χ0) is 40.6. The number of aliphatic hydroxyl groups is 2. The minimum atomic E-state index is -0.873. The molecule has 1 aromatic rings. The Kier molecular flexibility index (Phi) is 20.8. The van der Waals surface area contributed by atoms with Gasteiger partial charge in [-0.25, -0.2) is 0 Å². The zero-order valence-corrected chi connectivity index (χ0v) is 34.6. The molecule has 0 saturated carbocycles. The molecule has 53 heavy (non-hydrogen) atoms. The van der Waals surface area contributed by atoms with Crippen LogP contribution in [0.4, 0.5) is 0 Å². The zero-order valence-electron chi connectivity index (χ0n) is 34.6. The highest BCUT2D eigenvalue weighted by molar-refractivity contribution is 5.90. The molecule has 5 N–H and O–H groups in total. The van der Waals surface area contributed by atoms with Gasteiger partial charge in [0.25, 0.3) is 0 Å². The van der Waals surface area contributed by atoms with Crippen LogP contribution in [0.5, 0.6) is 0 Å². The lowest BCUT2D eigenvalue weighted by molar-refractivity contribution is -0.146. The van der Waals surface area contributed by atoms with E-state index in [9.17, 15) is 24.3 Å². The summed E-state index contributed by atoms with van der Waals surface area (Å²) in [6, 6.07) is 7.88. The Morgan fingerprint density at radius 2 is 1.58 bits per heavy atom. The first kappa shape index (κ1) is 47.9. The molecule has 0 spiro atoms. The molecule has 4 amide bonds. The molecule has 1 aliphatic heterocycles. The molecule has 1 saturated heterocycles. The van der Waals surface area contributed by atoms with Crippen LogP contribution in [-0.4, -0.2) is 127 Å².